The zero-order chi connectivity index (χ0) is 17.5. The van der Waals surface area contributed by atoms with Crippen LogP contribution in [-0.4, -0.2) is 26.7 Å². The average Bonchev–Trinajstić information content (AvgIpc) is 3.14. The van der Waals surface area contributed by atoms with Gasteiger partial charge in [-0.3, -0.25) is 4.79 Å². The monoisotopic (exact) mass is 388 g/mol. The third kappa shape index (κ3) is 2.36. The topological polar surface area (TPSA) is 53.3 Å². The van der Waals surface area contributed by atoms with Crippen LogP contribution in [0.4, 0.5) is 5.69 Å². The van der Waals surface area contributed by atoms with E-state index >= 15 is 0 Å². The summed E-state index contributed by atoms with van der Waals surface area (Å²) in [6.45, 7) is 2.07. The summed E-state index contributed by atoms with van der Waals surface area (Å²) in [5.41, 5.74) is 0.951. The number of rotatable bonds is 4. The van der Waals surface area contributed by atoms with Gasteiger partial charge in [-0.1, -0.05) is 34.1 Å². The second-order valence-electron chi connectivity index (χ2n) is 6.67. The normalized spacial score (nSPS) is 30.2. The fraction of sp³-hybridized carbons (Fsp3) is 0.474. The predicted molar refractivity (Wildman–Crippen MR) is 96.6 cm³/mol. The molecule has 4 atom stereocenters. The maximum atomic E-state index is 12.8. The van der Waals surface area contributed by atoms with Crippen LogP contribution in [0.1, 0.15) is 24.8 Å². The van der Waals surface area contributed by atoms with Gasteiger partial charge in [0.05, 0.1) is 12.7 Å². The molecule has 24 heavy (non-hydrogen) atoms. The van der Waals surface area contributed by atoms with E-state index in [9.17, 15) is 10.1 Å². The van der Waals surface area contributed by atoms with E-state index in [1.807, 2.05) is 43.3 Å². The van der Waals surface area contributed by atoms with Gasteiger partial charge in [-0.2, -0.15) is 5.26 Å². The Morgan fingerprint density at radius 1 is 1.46 bits per heavy atom. The van der Waals surface area contributed by atoms with Gasteiger partial charge < -0.3 is 9.64 Å². The first-order valence-corrected chi connectivity index (χ1v) is 8.98. The van der Waals surface area contributed by atoms with Crippen LogP contribution in [0, 0.1) is 28.6 Å². The molecule has 0 aliphatic heterocycles. The maximum absolute atomic E-state index is 12.8. The van der Waals surface area contributed by atoms with Crippen LogP contribution >= 0.6 is 15.9 Å². The lowest BCUT2D eigenvalue weighted by Crippen LogP contribution is -2.41. The number of anilines is 1. The molecule has 2 aliphatic rings. The number of halogens is 1. The van der Waals surface area contributed by atoms with Crippen molar-refractivity contribution >= 4 is 27.6 Å². The fourth-order valence-corrected chi connectivity index (χ4v) is 4.74. The molecule has 3 rings (SSSR count). The number of carbonyl (C=O) groups is 1. The quantitative estimate of drug-likeness (QED) is 0.580. The van der Waals surface area contributed by atoms with Crippen molar-refractivity contribution in [2.45, 2.75) is 19.3 Å². The molecule has 1 fully saturated rings. The molecule has 2 aliphatic carbocycles. The zero-order valence-corrected chi connectivity index (χ0v) is 15.7. The lowest BCUT2D eigenvalue weighted by molar-refractivity contribution is -0.154. The van der Waals surface area contributed by atoms with Crippen LogP contribution in [-0.2, 0) is 9.53 Å². The molecule has 1 saturated carbocycles. The van der Waals surface area contributed by atoms with Crippen molar-refractivity contribution in [2.75, 3.05) is 25.6 Å². The van der Waals surface area contributed by atoms with Crippen LogP contribution in [0.5, 0.6) is 0 Å². The van der Waals surface area contributed by atoms with Gasteiger partial charge in [-0.15, -0.1) is 0 Å². The third-order valence-corrected chi connectivity index (χ3v) is 5.94. The van der Waals surface area contributed by atoms with E-state index in [2.05, 4.69) is 28.1 Å². The van der Waals surface area contributed by atoms with Gasteiger partial charge in [0.15, 0.2) is 5.41 Å². The second kappa shape index (κ2) is 6.25. The van der Waals surface area contributed by atoms with E-state index in [4.69, 9.17) is 4.74 Å². The zero-order valence-electron chi connectivity index (χ0n) is 14.1. The second-order valence-corrected chi connectivity index (χ2v) is 7.52. The molecule has 126 valence electrons. The minimum atomic E-state index is -1.13. The van der Waals surface area contributed by atoms with Crippen molar-refractivity contribution in [3.05, 3.63) is 40.4 Å². The number of ether oxygens (including phenoxy) is 1. The largest absolute Gasteiger partial charge is 0.465 e. The predicted octanol–water partition coefficient (Wildman–Crippen LogP) is 3.88. The summed E-state index contributed by atoms with van der Waals surface area (Å²) in [4.78, 5) is 14.8. The van der Waals surface area contributed by atoms with Gasteiger partial charge in [0, 0.05) is 36.1 Å². The smallest absolute Gasteiger partial charge is 0.327 e. The van der Waals surface area contributed by atoms with E-state index in [-0.39, 0.29) is 24.4 Å². The molecular weight excluding hydrogens is 368 g/mol. The molecule has 0 heterocycles. The summed E-state index contributed by atoms with van der Waals surface area (Å²) in [7, 11) is 3.97. The Balaban J connectivity index is 2.10. The van der Waals surface area contributed by atoms with Gasteiger partial charge in [0.25, 0.3) is 0 Å². The standard InChI is InChI=1S/C19H21BrN2O2/c1-4-24-18(23)19(11-21)13-6-5-12(9-13)17(19)15-8-7-14(22(2)3)10-16(15)20/h5-8,10,12-13,17H,4,9H2,1-3H3/t12-,13-,17+,19-/m0/s1. The van der Waals surface area contributed by atoms with Crippen LogP contribution < -0.4 is 4.90 Å². The van der Waals surface area contributed by atoms with E-state index in [1.165, 1.54) is 0 Å². The molecule has 2 bridgehead atoms. The Morgan fingerprint density at radius 2 is 2.21 bits per heavy atom. The van der Waals surface area contributed by atoms with Crippen molar-refractivity contribution in [2.24, 2.45) is 17.3 Å². The van der Waals surface area contributed by atoms with Crippen molar-refractivity contribution in [1.82, 2.24) is 0 Å². The van der Waals surface area contributed by atoms with Gasteiger partial charge in [0.2, 0.25) is 0 Å². The summed E-state index contributed by atoms with van der Waals surface area (Å²) in [5, 5.41) is 9.99. The highest BCUT2D eigenvalue weighted by Gasteiger charge is 2.63. The first kappa shape index (κ1) is 17.0. The molecule has 0 unspecified atom stereocenters. The van der Waals surface area contributed by atoms with Gasteiger partial charge in [-0.25, -0.2) is 0 Å². The minimum Gasteiger partial charge on any atom is -0.465 e. The van der Waals surface area contributed by atoms with Crippen molar-refractivity contribution < 1.29 is 9.53 Å². The lowest BCUT2D eigenvalue weighted by Gasteiger charge is -2.34. The number of nitriles is 1. The number of hydrogen-bond donors (Lipinski definition) is 0. The average molecular weight is 389 g/mol. The maximum Gasteiger partial charge on any atom is 0.327 e. The van der Waals surface area contributed by atoms with Gasteiger partial charge in [0.1, 0.15) is 0 Å². The molecule has 0 saturated heterocycles. The molecule has 0 amide bonds. The Labute approximate surface area is 151 Å². The summed E-state index contributed by atoms with van der Waals surface area (Å²) < 4.78 is 6.24. The Kier molecular flexibility index (Phi) is 4.44. The van der Waals surface area contributed by atoms with Gasteiger partial charge in [-0.05, 0) is 37.0 Å². The van der Waals surface area contributed by atoms with Gasteiger partial charge >= 0.3 is 5.97 Å². The number of carbonyl (C=O) groups excluding carboxylic acids is 1. The third-order valence-electron chi connectivity index (χ3n) is 5.25. The highest BCUT2D eigenvalue weighted by atomic mass is 79.9. The Bertz CT molecular complexity index is 737. The molecule has 0 radical (unpaired) electrons. The molecular formula is C19H21BrN2O2. The van der Waals surface area contributed by atoms with E-state index < -0.39 is 11.4 Å². The highest BCUT2D eigenvalue weighted by Crippen LogP contribution is 2.61. The van der Waals surface area contributed by atoms with Crippen LogP contribution in [0.3, 0.4) is 0 Å². The highest BCUT2D eigenvalue weighted by molar-refractivity contribution is 9.10. The van der Waals surface area contributed by atoms with Crippen LogP contribution in [0.25, 0.3) is 0 Å². The molecule has 0 spiro atoms. The van der Waals surface area contributed by atoms with E-state index in [0.717, 1.165) is 22.1 Å². The Morgan fingerprint density at radius 3 is 2.79 bits per heavy atom. The first-order chi connectivity index (χ1) is 11.5. The number of esters is 1. The molecule has 1 aromatic rings. The fourth-order valence-electron chi connectivity index (χ4n) is 4.13. The lowest BCUT2D eigenvalue weighted by atomic mass is 9.66. The molecule has 0 aromatic heterocycles. The molecule has 0 N–H and O–H groups in total. The van der Waals surface area contributed by atoms with Crippen molar-refractivity contribution in [3.63, 3.8) is 0 Å². The molecule has 5 heteroatoms. The number of nitrogens with zero attached hydrogens (tertiary/aromatic N) is 2. The number of fused-ring (bicyclic) bond motifs is 2. The van der Waals surface area contributed by atoms with E-state index in [0.29, 0.717) is 0 Å². The number of hydrogen-bond acceptors (Lipinski definition) is 4. The van der Waals surface area contributed by atoms with Crippen LogP contribution in [0.2, 0.25) is 0 Å². The van der Waals surface area contributed by atoms with Crippen LogP contribution in [0.15, 0.2) is 34.8 Å². The van der Waals surface area contributed by atoms with Crippen molar-refractivity contribution in [3.8, 4) is 6.07 Å². The summed E-state index contributed by atoms with van der Waals surface area (Å²) >= 11 is 3.65. The summed E-state index contributed by atoms with van der Waals surface area (Å²) in [6, 6.07) is 8.45. The van der Waals surface area contributed by atoms with E-state index in [1.54, 1.807) is 6.92 Å². The number of benzene rings is 1. The summed E-state index contributed by atoms with van der Waals surface area (Å²) in [6.07, 6.45) is 5.00. The van der Waals surface area contributed by atoms with Crippen molar-refractivity contribution in [1.29, 1.82) is 5.26 Å². The molecule has 4 nitrogen and oxygen atoms in total. The summed E-state index contributed by atoms with van der Waals surface area (Å²) in [5.74, 6) is -0.447. The first-order valence-electron chi connectivity index (χ1n) is 8.19. The Hall–Kier alpha value is -1.80. The SMILES string of the molecule is CCOC(=O)[C@@]1(C#N)[C@H]2C=C[C@@H](C2)[C@@H]1c1ccc(N(C)C)cc1Br. The minimum absolute atomic E-state index is 0.0722. The molecule has 1 aromatic carbocycles. The number of allylic oxidation sites excluding steroid dienone is 2.